The SMILES string of the molecule is O=C(OCCC(=O)N1c2ccccc2Sc2ccccc21)c1cccnc1Cl. The van der Waals surface area contributed by atoms with Crippen LogP contribution in [0.3, 0.4) is 0 Å². The van der Waals surface area contributed by atoms with Crippen LogP contribution in [-0.2, 0) is 9.53 Å². The van der Waals surface area contributed by atoms with Gasteiger partial charge in [0.1, 0.15) is 11.8 Å². The van der Waals surface area contributed by atoms with E-state index in [0.717, 1.165) is 21.2 Å². The molecule has 0 fully saturated rings. The monoisotopic (exact) mass is 410 g/mol. The van der Waals surface area contributed by atoms with E-state index in [2.05, 4.69) is 4.98 Å². The number of aromatic nitrogens is 1. The van der Waals surface area contributed by atoms with Gasteiger partial charge in [-0.3, -0.25) is 9.69 Å². The Morgan fingerprint density at radius 3 is 2.25 bits per heavy atom. The highest BCUT2D eigenvalue weighted by molar-refractivity contribution is 7.99. The van der Waals surface area contributed by atoms with Crippen molar-refractivity contribution in [2.75, 3.05) is 11.5 Å². The summed E-state index contributed by atoms with van der Waals surface area (Å²) in [6.07, 6.45) is 1.54. The lowest BCUT2D eigenvalue weighted by Gasteiger charge is -2.31. The van der Waals surface area contributed by atoms with Crippen molar-refractivity contribution in [3.05, 3.63) is 77.6 Å². The normalized spacial score (nSPS) is 12.1. The van der Waals surface area contributed by atoms with E-state index in [9.17, 15) is 9.59 Å². The first kappa shape index (κ1) is 18.5. The van der Waals surface area contributed by atoms with E-state index in [1.165, 1.54) is 12.3 Å². The molecule has 1 aliphatic heterocycles. The third-order valence-electron chi connectivity index (χ3n) is 4.21. The Labute approximate surface area is 171 Å². The highest BCUT2D eigenvalue weighted by Gasteiger charge is 2.27. The number of anilines is 2. The maximum Gasteiger partial charge on any atom is 0.341 e. The molecule has 140 valence electrons. The Morgan fingerprint density at radius 1 is 0.964 bits per heavy atom. The number of carbonyl (C=O) groups excluding carboxylic acids is 2. The molecule has 2 heterocycles. The molecule has 28 heavy (non-hydrogen) atoms. The summed E-state index contributed by atoms with van der Waals surface area (Å²) >= 11 is 7.54. The Morgan fingerprint density at radius 2 is 1.61 bits per heavy atom. The maximum absolute atomic E-state index is 13.0. The standard InChI is InChI=1S/C21H15ClN2O3S/c22-20-14(6-5-12-23-20)21(26)27-13-11-19(25)24-15-7-1-3-9-17(15)28-18-10-4-2-8-16(18)24/h1-10,12H,11,13H2. The molecular weight excluding hydrogens is 396 g/mol. The van der Waals surface area contributed by atoms with E-state index >= 15 is 0 Å². The van der Waals surface area contributed by atoms with Crippen LogP contribution < -0.4 is 4.90 Å². The summed E-state index contributed by atoms with van der Waals surface area (Å²) in [5, 5.41) is 0.0785. The topological polar surface area (TPSA) is 59.5 Å². The van der Waals surface area contributed by atoms with Crippen LogP contribution in [0.5, 0.6) is 0 Å². The molecule has 0 bridgehead atoms. The molecule has 5 nitrogen and oxygen atoms in total. The number of benzene rings is 2. The van der Waals surface area contributed by atoms with Crippen LogP contribution in [0, 0.1) is 0 Å². The predicted octanol–water partition coefficient (Wildman–Crippen LogP) is 5.11. The van der Waals surface area contributed by atoms with Gasteiger partial charge in [-0.2, -0.15) is 0 Å². The predicted molar refractivity (Wildman–Crippen MR) is 108 cm³/mol. The number of amides is 1. The molecule has 1 amide bonds. The largest absolute Gasteiger partial charge is 0.461 e. The van der Waals surface area contributed by atoms with Crippen molar-refractivity contribution in [3.8, 4) is 0 Å². The molecule has 0 saturated carbocycles. The van der Waals surface area contributed by atoms with Crippen molar-refractivity contribution in [1.82, 2.24) is 4.98 Å². The number of hydrogen-bond acceptors (Lipinski definition) is 5. The van der Waals surface area contributed by atoms with Gasteiger partial charge in [-0.05, 0) is 36.4 Å². The van der Waals surface area contributed by atoms with Gasteiger partial charge in [-0.1, -0.05) is 47.6 Å². The highest BCUT2D eigenvalue weighted by Crippen LogP contribution is 2.48. The van der Waals surface area contributed by atoms with E-state index in [1.54, 1.807) is 22.7 Å². The first-order valence-electron chi connectivity index (χ1n) is 8.61. The van der Waals surface area contributed by atoms with E-state index in [4.69, 9.17) is 16.3 Å². The summed E-state index contributed by atoms with van der Waals surface area (Å²) in [4.78, 5) is 32.7. The number of nitrogens with zero attached hydrogens (tertiary/aromatic N) is 2. The molecule has 0 spiro atoms. The fraction of sp³-hybridized carbons (Fsp3) is 0.0952. The lowest BCUT2D eigenvalue weighted by Crippen LogP contribution is -2.29. The Hall–Kier alpha value is -2.83. The number of esters is 1. The number of pyridine rings is 1. The van der Waals surface area contributed by atoms with Gasteiger partial charge in [0.2, 0.25) is 5.91 Å². The number of rotatable bonds is 4. The summed E-state index contributed by atoms with van der Waals surface area (Å²) in [6.45, 7) is -0.0448. The molecular formula is C21H15ClN2O3S. The van der Waals surface area contributed by atoms with Crippen molar-refractivity contribution in [1.29, 1.82) is 0 Å². The first-order valence-corrected chi connectivity index (χ1v) is 9.81. The second-order valence-electron chi connectivity index (χ2n) is 5.99. The minimum absolute atomic E-state index is 0.0448. The molecule has 0 saturated heterocycles. The molecule has 1 aliphatic rings. The number of halogens is 1. The molecule has 2 aromatic carbocycles. The average Bonchev–Trinajstić information content (AvgIpc) is 2.72. The number of para-hydroxylation sites is 2. The van der Waals surface area contributed by atoms with Crippen LogP contribution in [0.1, 0.15) is 16.8 Å². The fourth-order valence-electron chi connectivity index (χ4n) is 2.93. The Balaban J connectivity index is 1.50. The van der Waals surface area contributed by atoms with Gasteiger partial charge in [-0.15, -0.1) is 0 Å². The summed E-state index contributed by atoms with van der Waals surface area (Å²) < 4.78 is 5.23. The quantitative estimate of drug-likeness (QED) is 0.441. The lowest BCUT2D eigenvalue weighted by atomic mass is 10.2. The van der Waals surface area contributed by atoms with Crippen molar-refractivity contribution in [2.24, 2.45) is 0 Å². The summed E-state index contributed by atoms with van der Waals surface area (Å²) in [5.41, 5.74) is 1.84. The average molecular weight is 411 g/mol. The van der Waals surface area contributed by atoms with E-state index in [0.29, 0.717) is 0 Å². The molecule has 0 N–H and O–H groups in total. The third kappa shape index (κ3) is 3.61. The molecule has 3 aromatic rings. The molecule has 0 atom stereocenters. The van der Waals surface area contributed by atoms with Crippen LogP contribution in [0.25, 0.3) is 0 Å². The zero-order valence-corrected chi connectivity index (χ0v) is 16.2. The smallest absolute Gasteiger partial charge is 0.341 e. The number of fused-ring (bicyclic) bond motifs is 2. The third-order valence-corrected chi connectivity index (χ3v) is 5.64. The first-order chi connectivity index (χ1) is 13.6. The Bertz CT molecular complexity index is 1010. The zero-order valence-electron chi connectivity index (χ0n) is 14.7. The summed E-state index contributed by atoms with van der Waals surface area (Å²) in [5.74, 6) is -0.744. The number of carbonyl (C=O) groups is 2. The van der Waals surface area contributed by atoms with Crippen LogP contribution in [-0.4, -0.2) is 23.5 Å². The lowest BCUT2D eigenvalue weighted by molar-refractivity contribution is -0.118. The highest BCUT2D eigenvalue weighted by atomic mass is 35.5. The summed E-state index contributed by atoms with van der Waals surface area (Å²) in [7, 11) is 0. The Kier molecular flexibility index (Phi) is 5.32. The number of ether oxygens (including phenoxy) is 1. The second kappa shape index (κ2) is 8.04. The molecule has 0 unspecified atom stereocenters. The van der Waals surface area contributed by atoms with Gasteiger partial charge in [0.05, 0.1) is 23.4 Å². The summed E-state index contributed by atoms with van der Waals surface area (Å²) in [6, 6.07) is 18.6. The minimum Gasteiger partial charge on any atom is -0.461 e. The van der Waals surface area contributed by atoms with Crippen LogP contribution in [0.4, 0.5) is 11.4 Å². The van der Waals surface area contributed by atoms with Gasteiger partial charge in [0.25, 0.3) is 0 Å². The van der Waals surface area contributed by atoms with Crippen LogP contribution in [0.15, 0.2) is 76.7 Å². The van der Waals surface area contributed by atoms with Gasteiger partial charge < -0.3 is 4.74 Å². The fourth-order valence-corrected chi connectivity index (χ4v) is 4.19. The van der Waals surface area contributed by atoms with Crippen molar-refractivity contribution >= 4 is 46.6 Å². The second-order valence-corrected chi connectivity index (χ2v) is 7.44. The van der Waals surface area contributed by atoms with Gasteiger partial charge in [0, 0.05) is 16.0 Å². The van der Waals surface area contributed by atoms with E-state index in [1.807, 2.05) is 48.5 Å². The minimum atomic E-state index is -0.596. The molecule has 4 rings (SSSR count). The molecule has 0 aliphatic carbocycles. The van der Waals surface area contributed by atoms with E-state index in [-0.39, 0.29) is 29.7 Å². The van der Waals surface area contributed by atoms with E-state index < -0.39 is 5.97 Å². The molecule has 7 heteroatoms. The van der Waals surface area contributed by atoms with Gasteiger partial charge in [-0.25, -0.2) is 9.78 Å². The van der Waals surface area contributed by atoms with Crippen molar-refractivity contribution in [2.45, 2.75) is 16.2 Å². The molecule has 0 radical (unpaired) electrons. The van der Waals surface area contributed by atoms with Gasteiger partial charge >= 0.3 is 5.97 Å². The maximum atomic E-state index is 13.0. The van der Waals surface area contributed by atoms with Crippen LogP contribution >= 0.6 is 23.4 Å². The number of hydrogen-bond donors (Lipinski definition) is 0. The van der Waals surface area contributed by atoms with Gasteiger partial charge in [0.15, 0.2) is 0 Å². The zero-order chi connectivity index (χ0) is 19.5. The van der Waals surface area contributed by atoms with Crippen molar-refractivity contribution < 1.29 is 14.3 Å². The van der Waals surface area contributed by atoms with Crippen LogP contribution in [0.2, 0.25) is 5.15 Å². The molecule has 1 aromatic heterocycles. The van der Waals surface area contributed by atoms with Crippen molar-refractivity contribution in [3.63, 3.8) is 0 Å².